The van der Waals surface area contributed by atoms with Crippen LogP contribution in [0.15, 0.2) is 22.8 Å². The zero-order valence-electron chi connectivity index (χ0n) is 13.4. The Labute approximate surface area is 141 Å². The van der Waals surface area contributed by atoms with Crippen LogP contribution >= 0.6 is 15.9 Å². The van der Waals surface area contributed by atoms with Gasteiger partial charge in [-0.1, -0.05) is 13.8 Å². The van der Waals surface area contributed by atoms with Gasteiger partial charge in [-0.15, -0.1) is 0 Å². The lowest BCUT2D eigenvalue weighted by Crippen LogP contribution is -2.55. The number of hydrogen-bond acceptors (Lipinski definition) is 4. The third-order valence-corrected chi connectivity index (χ3v) is 5.27. The molecule has 0 spiro atoms. The van der Waals surface area contributed by atoms with Crippen molar-refractivity contribution >= 4 is 27.7 Å². The van der Waals surface area contributed by atoms with E-state index in [1.807, 2.05) is 17.0 Å². The van der Waals surface area contributed by atoms with Crippen LogP contribution in [-0.2, 0) is 4.79 Å². The quantitative estimate of drug-likeness (QED) is 0.865. The smallest absolute Gasteiger partial charge is 0.230 e. The van der Waals surface area contributed by atoms with Crippen molar-refractivity contribution in [2.45, 2.75) is 26.7 Å². The van der Waals surface area contributed by atoms with Crippen LogP contribution < -0.4 is 10.6 Å². The summed E-state index contributed by atoms with van der Waals surface area (Å²) in [6.45, 7) is 7.62. The number of hydrogen-bond donors (Lipinski definition) is 1. The molecule has 0 aliphatic carbocycles. The van der Waals surface area contributed by atoms with Gasteiger partial charge in [0.15, 0.2) is 0 Å². The van der Waals surface area contributed by atoms with Crippen LogP contribution in [-0.4, -0.2) is 48.5 Å². The Morgan fingerprint density at radius 3 is 2.36 bits per heavy atom. The number of rotatable bonds is 5. The fourth-order valence-corrected chi connectivity index (χ4v) is 3.19. The Morgan fingerprint density at radius 1 is 1.27 bits per heavy atom. The number of piperazine rings is 1. The van der Waals surface area contributed by atoms with Crippen molar-refractivity contribution in [3.8, 4) is 0 Å². The van der Waals surface area contributed by atoms with Crippen LogP contribution in [0.1, 0.15) is 26.7 Å². The average molecular weight is 369 g/mol. The lowest BCUT2D eigenvalue weighted by Gasteiger charge is -2.40. The number of amides is 1. The number of anilines is 1. The molecule has 2 N–H and O–H groups in total. The van der Waals surface area contributed by atoms with Gasteiger partial charge in [0, 0.05) is 43.4 Å². The molecule has 0 aromatic carbocycles. The van der Waals surface area contributed by atoms with Crippen molar-refractivity contribution in [1.29, 1.82) is 0 Å². The third-order valence-electron chi connectivity index (χ3n) is 4.80. The number of carbonyl (C=O) groups excluding carboxylic acids is 1. The van der Waals surface area contributed by atoms with Crippen molar-refractivity contribution in [2.75, 3.05) is 37.6 Å². The van der Waals surface area contributed by atoms with E-state index >= 15 is 0 Å². The van der Waals surface area contributed by atoms with Crippen LogP contribution in [0.4, 0.5) is 5.82 Å². The highest BCUT2D eigenvalue weighted by atomic mass is 79.9. The minimum atomic E-state index is -0.391. The van der Waals surface area contributed by atoms with Crippen LogP contribution in [0, 0.1) is 5.41 Å². The van der Waals surface area contributed by atoms with Gasteiger partial charge in [0.25, 0.3) is 0 Å². The maximum absolute atomic E-state index is 12.8. The molecule has 1 fully saturated rings. The SMILES string of the molecule is CCC(CC)(CN)C(=O)N1CCN(c2ccc(Br)cn2)CC1. The molecule has 2 rings (SSSR count). The summed E-state index contributed by atoms with van der Waals surface area (Å²) in [5.41, 5.74) is 5.51. The van der Waals surface area contributed by atoms with Crippen LogP contribution in [0.3, 0.4) is 0 Å². The second kappa shape index (κ2) is 7.42. The molecule has 2 heterocycles. The zero-order chi connectivity index (χ0) is 16.2. The van der Waals surface area contributed by atoms with Gasteiger partial charge in [-0.25, -0.2) is 4.98 Å². The van der Waals surface area contributed by atoms with Gasteiger partial charge in [0.05, 0.1) is 5.41 Å². The van der Waals surface area contributed by atoms with Crippen molar-refractivity contribution < 1.29 is 4.79 Å². The Hall–Kier alpha value is -1.14. The monoisotopic (exact) mass is 368 g/mol. The van der Waals surface area contributed by atoms with E-state index in [4.69, 9.17) is 5.73 Å². The number of nitrogens with zero attached hydrogens (tertiary/aromatic N) is 3. The summed E-state index contributed by atoms with van der Waals surface area (Å²) in [5, 5.41) is 0. The topological polar surface area (TPSA) is 62.5 Å². The van der Waals surface area contributed by atoms with Gasteiger partial charge in [-0.05, 0) is 40.9 Å². The second-order valence-corrected chi connectivity index (χ2v) is 6.72. The molecule has 0 radical (unpaired) electrons. The summed E-state index contributed by atoms with van der Waals surface area (Å²) < 4.78 is 0.976. The van der Waals surface area contributed by atoms with E-state index in [-0.39, 0.29) is 5.91 Å². The number of aromatic nitrogens is 1. The van der Waals surface area contributed by atoms with E-state index in [0.717, 1.165) is 49.3 Å². The molecule has 1 aliphatic rings. The number of carbonyl (C=O) groups is 1. The van der Waals surface area contributed by atoms with Gasteiger partial charge in [0.2, 0.25) is 5.91 Å². The summed E-state index contributed by atoms with van der Waals surface area (Å²) in [4.78, 5) is 21.4. The first-order chi connectivity index (χ1) is 10.6. The van der Waals surface area contributed by atoms with Crippen molar-refractivity contribution in [3.05, 3.63) is 22.8 Å². The standard InChI is InChI=1S/C16H25BrN4O/c1-3-16(4-2,12-18)15(22)21-9-7-20(8-10-21)14-6-5-13(17)11-19-14/h5-6,11H,3-4,7-10,12,18H2,1-2H3. The first kappa shape index (κ1) is 17.2. The van der Waals surface area contributed by atoms with Crippen molar-refractivity contribution in [3.63, 3.8) is 0 Å². The molecule has 0 unspecified atom stereocenters. The molecule has 122 valence electrons. The number of halogens is 1. The highest BCUT2D eigenvalue weighted by molar-refractivity contribution is 9.10. The maximum Gasteiger partial charge on any atom is 0.230 e. The molecular weight excluding hydrogens is 344 g/mol. The van der Waals surface area contributed by atoms with Gasteiger partial charge >= 0.3 is 0 Å². The predicted octanol–water partition coefficient (Wildman–Crippen LogP) is 2.26. The Morgan fingerprint density at radius 2 is 1.91 bits per heavy atom. The van der Waals surface area contributed by atoms with Crippen LogP contribution in [0.25, 0.3) is 0 Å². The molecule has 0 saturated carbocycles. The maximum atomic E-state index is 12.8. The highest BCUT2D eigenvalue weighted by Gasteiger charge is 2.37. The van der Waals surface area contributed by atoms with E-state index in [2.05, 4.69) is 39.7 Å². The summed E-state index contributed by atoms with van der Waals surface area (Å²) in [6.07, 6.45) is 3.40. The van der Waals surface area contributed by atoms with Crippen molar-refractivity contribution in [2.24, 2.45) is 11.1 Å². The third kappa shape index (κ3) is 3.43. The van der Waals surface area contributed by atoms with Gasteiger partial charge in [-0.3, -0.25) is 4.79 Å². The van der Waals surface area contributed by atoms with Gasteiger partial charge < -0.3 is 15.5 Å². The predicted molar refractivity (Wildman–Crippen MR) is 92.8 cm³/mol. The van der Waals surface area contributed by atoms with E-state index in [1.54, 1.807) is 6.20 Å². The van der Waals surface area contributed by atoms with E-state index < -0.39 is 5.41 Å². The summed E-state index contributed by atoms with van der Waals surface area (Å²) in [7, 11) is 0. The molecule has 1 aromatic heterocycles. The van der Waals surface area contributed by atoms with Crippen LogP contribution in [0.5, 0.6) is 0 Å². The Kier molecular flexibility index (Phi) is 5.81. The summed E-state index contributed by atoms with van der Waals surface area (Å²) >= 11 is 3.40. The molecule has 1 amide bonds. The lowest BCUT2D eigenvalue weighted by molar-refractivity contribution is -0.142. The Bertz CT molecular complexity index is 485. The van der Waals surface area contributed by atoms with E-state index in [1.165, 1.54) is 0 Å². The Balaban J connectivity index is 1.99. The molecule has 22 heavy (non-hydrogen) atoms. The summed E-state index contributed by atoms with van der Waals surface area (Å²) in [5.74, 6) is 1.18. The van der Waals surface area contributed by atoms with E-state index in [0.29, 0.717) is 6.54 Å². The second-order valence-electron chi connectivity index (χ2n) is 5.81. The highest BCUT2D eigenvalue weighted by Crippen LogP contribution is 2.28. The molecule has 6 heteroatoms. The van der Waals surface area contributed by atoms with E-state index in [9.17, 15) is 4.79 Å². The van der Waals surface area contributed by atoms with Gasteiger partial charge in [-0.2, -0.15) is 0 Å². The number of pyridine rings is 1. The first-order valence-electron chi connectivity index (χ1n) is 7.92. The average Bonchev–Trinajstić information content (AvgIpc) is 2.58. The molecule has 1 aliphatic heterocycles. The minimum Gasteiger partial charge on any atom is -0.353 e. The van der Waals surface area contributed by atoms with Crippen molar-refractivity contribution in [1.82, 2.24) is 9.88 Å². The van der Waals surface area contributed by atoms with Gasteiger partial charge in [0.1, 0.15) is 5.82 Å². The zero-order valence-corrected chi connectivity index (χ0v) is 15.0. The molecule has 1 aromatic rings. The largest absolute Gasteiger partial charge is 0.353 e. The summed E-state index contributed by atoms with van der Waals surface area (Å²) in [6, 6.07) is 4.00. The molecule has 0 bridgehead atoms. The fourth-order valence-electron chi connectivity index (χ4n) is 2.96. The number of nitrogens with two attached hydrogens (primary N) is 1. The minimum absolute atomic E-state index is 0.211. The molecular formula is C16H25BrN4O. The lowest BCUT2D eigenvalue weighted by atomic mass is 9.81. The first-order valence-corrected chi connectivity index (χ1v) is 8.71. The van der Waals surface area contributed by atoms with Crippen LogP contribution in [0.2, 0.25) is 0 Å². The molecule has 5 nitrogen and oxygen atoms in total. The fraction of sp³-hybridized carbons (Fsp3) is 0.625. The normalized spacial score (nSPS) is 16.0. The molecule has 0 atom stereocenters. The molecule has 1 saturated heterocycles.